The maximum Gasteiger partial charge on any atom is 0.0438 e. The highest BCUT2D eigenvalue weighted by Crippen LogP contribution is 2.32. The molecule has 0 aromatic heterocycles. The van der Waals surface area contributed by atoms with Gasteiger partial charge in [0.05, 0.1) is 0 Å². The molecule has 1 aromatic rings. The van der Waals surface area contributed by atoms with Crippen molar-refractivity contribution >= 4 is 11.6 Å². The molecule has 0 radical (unpaired) electrons. The van der Waals surface area contributed by atoms with E-state index in [2.05, 4.69) is 13.0 Å². The maximum absolute atomic E-state index is 6.34. The van der Waals surface area contributed by atoms with Gasteiger partial charge in [0.15, 0.2) is 0 Å². The lowest BCUT2D eigenvalue weighted by Crippen LogP contribution is -2.18. The topological polar surface area (TPSA) is 26.0 Å². The van der Waals surface area contributed by atoms with Crippen LogP contribution in [0.1, 0.15) is 55.7 Å². The van der Waals surface area contributed by atoms with Crippen molar-refractivity contribution in [2.75, 3.05) is 0 Å². The van der Waals surface area contributed by atoms with Gasteiger partial charge in [0.25, 0.3) is 0 Å². The molecule has 1 unspecified atom stereocenters. The number of nitrogens with two attached hydrogens (primary N) is 1. The molecule has 1 saturated carbocycles. The fraction of sp³-hybridized carbons (Fsp3) is 0.600. The van der Waals surface area contributed by atoms with Crippen LogP contribution in [0.4, 0.5) is 0 Å². The third kappa shape index (κ3) is 3.23. The van der Waals surface area contributed by atoms with Crippen LogP contribution in [0.3, 0.4) is 0 Å². The van der Waals surface area contributed by atoms with Crippen molar-refractivity contribution in [2.45, 2.75) is 51.5 Å². The molecule has 2 rings (SSSR count). The SMILES string of the molecule is Cc1c(Cl)cccc1C(N)CC1CCCCC1. The van der Waals surface area contributed by atoms with E-state index in [0.29, 0.717) is 0 Å². The molecule has 2 N–H and O–H groups in total. The van der Waals surface area contributed by atoms with Crippen LogP contribution < -0.4 is 5.73 Å². The first-order valence-electron chi connectivity index (χ1n) is 6.69. The van der Waals surface area contributed by atoms with Gasteiger partial charge in [0.1, 0.15) is 0 Å². The number of hydrogen-bond acceptors (Lipinski definition) is 1. The largest absolute Gasteiger partial charge is 0.324 e. The Labute approximate surface area is 109 Å². The van der Waals surface area contributed by atoms with Crippen LogP contribution in [0.2, 0.25) is 5.02 Å². The van der Waals surface area contributed by atoms with Crippen molar-refractivity contribution in [1.29, 1.82) is 0 Å². The number of benzene rings is 1. The summed E-state index contributed by atoms with van der Waals surface area (Å²) in [7, 11) is 0. The van der Waals surface area contributed by atoms with Gasteiger partial charge in [-0.15, -0.1) is 0 Å². The minimum absolute atomic E-state index is 0.150. The van der Waals surface area contributed by atoms with Gasteiger partial charge in [0, 0.05) is 11.1 Å². The molecule has 1 aliphatic carbocycles. The molecule has 17 heavy (non-hydrogen) atoms. The average molecular weight is 252 g/mol. The second-order valence-electron chi connectivity index (χ2n) is 5.30. The van der Waals surface area contributed by atoms with Crippen molar-refractivity contribution in [2.24, 2.45) is 11.7 Å². The van der Waals surface area contributed by atoms with Gasteiger partial charge in [0.2, 0.25) is 0 Å². The molecule has 0 saturated heterocycles. The molecule has 0 bridgehead atoms. The Bertz CT molecular complexity index is 369. The van der Waals surface area contributed by atoms with Gasteiger partial charge in [-0.3, -0.25) is 0 Å². The molecular weight excluding hydrogens is 230 g/mol. The zero-order valence-electron chi connectivity index (χ0n) is 10.6. The van der Waals surface area contributed by atoms with Crippen molar-refractivity contribution in [1.82, 2.24) is 0 Å². The quantitative estimate of drug-likeness (QED) is 0.834. The van der Waals surface area contributed by atoms with Crippen LogP contribution in [-0.4, -0.2) is 0 Å². The normalized spacial score (nSPS) is 19.2. The Kier molecular flexibility index (Phi) is 4.47. The smallest absolute Gasteiger partial charge is 0.0438 e. The second-order valence-corrected chi connectivity index (χ2v) is 5.71. The summed E-state index contributed by atoms with van der Waals surface area (Å²) in [6.07, 6.45) is 7.99. The lowest BCUT2D eigenvalue weighted by Gasteiger charge is -2.25. The van der Waals surface area contributed by atoms with Gasteiger partial charge >= 0.3 is 0 Å². The molecule has 0 spiro atoms. The van der Waals surface area contributed by atoms with E-state index in [1.165, 1.54) is 37.7 Å². The monoisotopic (exact) mass is 251 g/mol. The van der Waals surface area contributed by atoms with Crippen LogP contribution in [-0.2, 0) is 0 Å². The Morgan fingerprint density at radius 1 is 1.29 bits per heavy atom. The maximum atomic E-state index is 6.34. The molecule has 1 aliphatic rings. The van der Waals surface area contributed by atoms with Crippen LogP contribution in [0.25, 0.3) is 0 Å². The zero-order chi connectivity index (χ0) is 12.3. The van der Waals surface area contributed by atoms with E-state index in [-0.39, 0.29) is 6.04 Å². The first-order valence-corrected chi connectivity index (χ1v) is 7.07. The molecule has 0 heterocycles. The van der Waals surface area contributed by atoms with E-state index in [4.69, 9.17) is 17.3 Å². The average Bonchev–Trinajstić information content (AvgIpc) is 2.34. The summed E-state index contributed by atoms with van der Waals surface area (Å²) in [5.74, 6) is 0.817. The third-order valence-electron chi connectivity index (χ3n) is 4.02. The molecule has 1 nitrogen and oxygen atoms in total. The fourth-order valence-electron chi connectivity index (χ4n) is 2.93. The molecular formula is C15H22ClN. The highest BCUT2D eigenvalue weighted by Gasteiger charge is 2.19. The Morgan fingerprint density at radius 2 is 2.00 bits per heavy atom. The van der Waals surface area contributed by atoms with E-state index < -0.39 is 0 Å². The summed E-state index contributed by atoms with van der Waals surface area (Å²) in [5, 5.41) is 0.835. The van der Waals surface area contributed by atoms with E-state index in [1.54, 1.807) is 0 Å². The van der Waals surface area contributed by atoms with Crippen molar-refractivity contribution in [3.8, 4) is 0 Å². The van der Waals surface area contributed by atoms with E-state index in [0.717, 1.165) is 22.9 Å². The lowest BCUT2D eigenvalue weighted by atomic mass is 9.83. The van der Waals surface area contributed by atoms with E-state index >= 15 is 0 Å². The first-order chi connectivity index (χ1) is 8.18. The van der Waals surface area contributed by atoms with Gasteiger partial charge < -0.3 is 5.73 Å². The molecule has 2 heteroatoms. The summed E-state index contributed by atoms with van der Waals surface area (Å²) in [6, 6.07) is 6.21. The summed E-state index contributed by atoms with van der Waals surface area (Å²) >= 11 is 6.15. The molecule has 1 atom stereocenters. The summed E-state index contributed by atoms with van der Waals surface area (Å²) in [4.78, 5) is 0. The summed E-state index contributed by atoms with van der Waals surface area (Å²) in [6.45, 7) is 2.07. The zero-order valence-corrected chi connectivity index (χ0v) is 11.3. The van der Waals surface area contributed by atoms with Gasteiger partial charge in [-0.05, 0) is 36.5 Å². The van der Waals surface area contributed by atoms with Crippen LogP contribution in [0, 0.1) is 12.8 Å². The summed E-state index contributed by atoms with van der Waals surface area (Å²) < 4.78 is 0. The minimum atomic E-state index is 0.150. The number of hydrogen-bond donors (Lipinski definition) is 1. The highest BCUT2D eigenvalue weighted by molar-refractivity contribution is 6.31. The van der Waals surface area contributed by atoms with Crippen molar-refractivity contribution in [3.63, 3.8) is 0 Å². The highest BCUT2D eigenvalue weighted by atomic mass is 35.5. The molecule has 0 amide bonds. The van der Waals surface area contributed by atoms with Crippen molar-refractivity contribution < 1.29 is 0 Å². The molecule has 1 aromatic carbocycles. The van der Waals surface area contributed by atoms with Gasteiger partial charge in [-0.1, -0.05) is 55.8 Å². The molecule has 0 aliphatic heterocycles. The second kappa shape index (κ2) is 5.88. The van der Waals surface area contributed by atoms with Crippen LogP contribution in [0.15, 0.2) is 18.2 Å². The molecule has 1 fully saturated rings. The third-order valence-corrected chi connectivity index (χ3v) is 4.43. The standard InChI is InChI=1S/C15H22ClN/c1-11-13(8-5-9-14(11)16)15(17)10-12-6-3-2-4-7-12/h5,8-9,12,15H,2-4,6-7,10,17H2,1H3. The fourth-order valence-corrected chi connectivity index (χ4v) is 3.12. The number of rotatable bonds is 3. The first kappa shape index (κ1) is 12.9. The predicted octanol–water partition coefficient (Wildman–Crippen LogP) is 4.62. The Hall–Kier alpha value is -0.530. The lowest BCUT2D eigenvalue weighted by molar-refractivity contribution is 0.319. The van der Waals surface area contributed by atoms with Gasteiger partial charge in [-0.25, -0.2) is 0 Å². The molecule has 94 valence electrons. The summed E-state index contributed by atoms with van der Waals surface area (Å²) in [5.41, 5.74) is 8.71. The van der Waals surface area contributed by atoms with Crippen LogP contribution in [0.5, 0.6) is 0 Å². The predicted molar refractivity (Wildman–Crippen MR) is 74.3 cm³/mol. The Morgan fingerprint density at radius 3 is 2.71 bits per heavy atom. The van der Waals surface area contributed by atoms with Crippen LogP contribution >= 0.6 is 11.6 Å². The van der Waals surface area contributed by atoms with E-state index in [1.807, 2.05) is 12.1 Å². The number of halogens is 1. The van der Waals surface area contributed by atoms with E-state index in [9.17, 15) is 0 Å². The Balaban J connectivity index is 2.03. The minimum Gasteiger partial charge on any atom is -0.324 e. The van der Waals surface area contributed by atoms with Crippen molar-refractivity contribution in [3.05, 3.63) is 34.3 Å². The van der Waals surface area contributed by atoms with Gasteiger partial charge in [-0.2, -0.15) is 0 Å².